The van der Waals surface area contributed by atoms with Crippen molar-refractivity contribution in [2.45, 2.75) is 55.9 Å². The van der Waals surface area contributed by atoms with E-state index in [-0.39, 0.29) is 35.5 Å². The summed E-state index contributed by atoms with van der Waals surface area (Å²) in [4.78, 5) is 46.2. The van der Waals surface area contributed by atoms with E-state index in [0.29, 0.717) is 30.3 Å². The summed E-state index contributed by atoms with van der Waals surface area (Å²) in [7, 11) is 0. The second kappa shape index (κ2) is 11.8. The van der Waals surface area contributed by atoms with Gasteiger partial charge in [-0.1, -0.05) is 6.42 Å². The molecule has 2 fully saturated rings. The molecule has 1 aromatic rings. The molecule has 0 bridgehead atoms. The predicted octanol–water partition coefficient (Wildman–Crippen LogP) is 1.74. The lowest BCUT2D eigenvalue weighted by Crippen LogP contribution is -2.36. The minimum atomic E-state index is -1.03. The number of rotatable bonds is 12. The first kappa shape index (κ1) is 23.9. The van der Waals surface area contributed by atoms with Crippen molar-refractivity contribution in [2.24, 2.45) is 0 Å². The number of carboxylic acid groups (broad SMARTS) is 1. The molecule has 10 heteroatoms. The zero-order valence-corrected chi connectivity index (χ0v) is 18.7. The summed E-state index contributed by atoms with van der Waals surface area (Å²) in [6.07, 6.45) is 4.79. The standard InChI is InChI=1S/C22H30N4O5S/c27-18(6-2-1-5-17-19-16(13-32-17)25-22(31)26-19)23-11-3-4-12-24-20(28)14-7-9-15(10-8-14)21(29)30/h7-10,16-17,19H,1-6,11-13H2,(H,23,27)(H,24,28)(H,29,30)(H2,25,26,31)/t16-,17-,19-/m0/s1. The molecule has 2 saturated heterocycles. The van der Waals surface area contributed by atoms with E-state index >= 15 is 0 Å². The topological polar surface area (TPSA) is 137 Å². The summed E-state index contributed by atoms with van der Waals surface area (Å²) in [6.45, 7) is 1.06. The van der Waals surface area contributed by atoms with Gasteiger partial charge < -0.3 is 26.4 Å². The van der Waals surface area contributed by atoms with Gasteiger partial charge in [-0.25, -0.2) is 9.59 Å². The van der Waals surface area contributed by atoms with Gasteiger partial charge in [0.25, 0.3) is 5.91 Å². The number of thioether (sulfide) groups is 1. The Morgan fingerprint density at radius 3 is 2.38 bits per heavy atom. The Hall–Kier alpha value is -2.75. The van der Waals surface area contributed by atoms with Crippen LogP contribution >= 0.6 is 11.8 Å². The van der Waals surface area contributed by atoms with Gasteiger partial charge in [-0.15, -0.1) is 0 Å². The predicted molar refractivity (Wildman–Crippen MR) is 122 cm³/mol. The Morgan fingerprint density at radius 2 is 1.66 bits per heavy atom. The van der Waals surface area contributed by atoms with Crippen molar-refractivity contribution in [3.05, 3.63) is 35.4 Å². The van der Waals surface area contributed by atoms with Crippen LogP contribution in [0.25, 0.3) is 0 Å². The highest BCUT2D eigenvalue weighted by Crippen LogP contribution is 2.33. The zero-order chi connectivity index (χ0) is 22.9. The van der Waals surface area contributed by atoms with Gasteiger partial charge in [0, 0.05) is 36.1 Å². The number of aromatic carboxylic acids is 1. The second-order valence-electron chi connectivity index (χ2n) is 8.06. The van der Waals surface area contributed by atoms with Crippen LogP contribution in [0, 0.1) is 0 Å². The number of carbonyl (C=O) groups excluding carboxylic acids is 3. The van der Waals surface area contributed by atoms with Gasteiger partial charge in [-0.05, 0) is 49.9 Å². The lowest BCUT2D eigenvalue weighted by Gasteiger charge is -2.16. The Morgan fingerprint density at radius 1 is 0.969 bits per heavy atom. The van der Waals surface area contributed by atoms with E-state index in [1.165, 1.54) is 24.3 Å². The molecule has 3 atom stereocenters. The number of hydrogen-bond acceptors (Lipinski definition) is 5. The van der Waals surface area contributed by atoms with Crippen LogP contribution < -0.4 is 21.3 Å². The summed E-state index contributed by atoms with van der Waals surface area (Å²) in [5.41, 5.74) is 0.560. The molecule has 0 unspecified atom stereocenters. The second-order valence-corrected chi connectivity index (χ2v) is 9.34. The molecule has 5 N–H and O–H groups in total. The van der Waals surface area contributed by atoms with Gasteiger partial charge in [0.2, 0.25) is 5.91 Å². The third kappa shape index (κ3) is 6.88. The Kier molecular flexibility index (Phi) is 8.78. The molecule has 2 aliphatic heterocycles. The lowest BCUT2D eigenvalue weighted by atomic mass is 10.0. The molecule has 1 aromatic carbocycles. The van der Waals surface area contributed by atoms with Crippen molar-refractivity contribution >= 4 is 35.6 Å². The lowest BCUT2D eigenvalue weighted by molar-refractivity contribution is -0.121. The van der Waals surface area contributed by atoms with Gasteiger partial charge in [-0.2, -0.15) is 11.8 Å². The average molecular weight is 463 g/mol. The third-order valence-electron chi connectivity index (χ3n) is 5.69. The number of urea groups is 1. The highest BCUT2D eigenvalue weighted by Gasteiger charge is 2.42. The van der Waals surface area contributed by atoms with Crippen molar-refractivity contribution in [2.75, 3.05) is 18.8 Å². The smallest absolute Gasteiger partial charge is 0.335 e. The summed E-state index contributed by atoms with van der Waals surface area (Å²) in [5, 5.41) is 20.9. The van der Waals surface area contributed by atoms with Crippen LogP contribution in [0.5, 0.6) is 0 Å². The van der Waals surface area contributed by atoms with Crippen LogP contribution in [-0.4, -0.2) is 65.1 Å². The van der Waals surface area contributed by atoms with Crippen molar-refractivity contribution in [3.63, 3.8) is 0 Å². The minimum Gasteiger partial charge on any atom is -0.478 e. The molecule has 0 aromatic heterocycles. The molecule has 4 amide bonds. The maximum Gasteiger partial charge on any atom is 0.335 e. The quantitative estimate of drug-likeness (QED) is 0.237. The normalized spacial score (nSPS) is 21.4. The molecule has 0 spiro atoms. The number of unbranched alkanes of at least 4 members (excludes halogenated alkanes) is 2. The maximum absolute atomic E-state index is 12.0. The molecular weight excluding hydrogens is 432 g/mol. The molecule has 0 radical (unpaired) electrons. The molecule has 3 rings (SSSR count). The minimum absolute atomic E-state index is 0.0420. The van der Waals surface area contributed by atoms with Crippen LogP contribution in [0.1, 0.15) is 59.2 Å². The molecular formula is C22H30N4O5S. The van der Waals surface area contributed by atoms with E-state index in [1.807, 2.05) is 11.8 Å². The summed E-state index contributed by atoms with van der Waals surface area (Å²) in [5.74, 6) is -0.279. The number of carbonyl (C=O) groups is 4. The van der Waals surface area contributed by atoms with Gasteiger partial charge in [0.05, 0.1) is 17.6 Å². The first-order valence-electron chi connectivity index (χ1n) is 11.0. The molecule has 0 aliphatic carbocycles. The summed E-state index contributed by atoms with van der Waals surface area (Å²) >= 11 is 1.89. The fourth-order valence-corrected chi connectivity index (χ4v) is 5.45. The molecule has 32 heavy (non-hydrogen) atoms. The van der Waals surface area contributed by atoms with Crippen LogP contribution in [0.2, 0.25) is 0 Å². The number of benzene rings is 1. The van der Waals surface area contributed by atoms with Gasteiger partial charge >= 0.3 is 12.0 Å². The number of fused-ring (bicyclic) bond motifs is 1. The van der Waals surface area contributed by atoms with Crippen molar-refractivity contribution in [1.82, 2.24) is 21.3 Å². The van der Waals surface area contributed by atoms with Crippen LogP contribution in [0.3, 0.4) is 0 Å². The average Bonchev–Trinajstić information content (AvgIpc) is 3.32. The molecule has 0 saturated carbocycles. The number of amides is 4. The van der Waals surface area contributed by atoms with E-state index in [4.69, 9.17) is 5.11 Å². The van der Waals surface area contributed by atoms with Crippen molar-refractivity contribution in [1.29, 1.82) is 0 Å². The first-order valence-corrected chi connectivity index (χ1v) is 12.1. The van der Waals surface area contributed by atoms with Gasteiger partial charge in [0.15, 0.2) is 0 Å². The fourth-order valence-electron chi connectivity index (χ4n) is 3.91. The molecule has 9 nitrogen and oxygen atoms in total. The number of hydrogen-bond donors (Lipinski definition) is 5. The van der Waals surface area contributed by atoms with E-state index in [9.17, 15) is 19.2 Å². The van der Waals surface area contributed by atoms with Gasteiger partial charge in [-0.3, -0.25) is 9.59 Å². The Labute approximate surface area is 191 Å². The largest absolute Gasteiger partial charge is 0.478 e. The highest BCUT2D eigenvalue weighted by molar-refractivity contribution is 8.00. The highest BCUT2D eigenvalue weighted by atomic mass is 32.2. The fraction of sp³-hybridized carbons (Fsp3) is 0.545. The SMILES string of the molecule is O=C(CCCC[C@@H]1SC[C@@H]2NC(=O)N[C@@H]21)NCCCCNC(=O)c1ccc(C(=O)O)cc1. The van der Waals surface area contributed by atoms with Crippen LogP contribution in [0.15, 0.2) is 24.3 Å². The number of carboxylic acids is 1. The van der Waals surface area contributed by atoms with Crippen molar-refractivity contribution in [3.8, 4) is 0 Å². The maximum atomic E-state index is 12.0. The van der Waals surface area contributed by atoms with Crippen LogP contribution in [-0.2, 0) is 4.79 Å². The zero-order valence-electron chi connectivity index (χ0n) is 17.9. The van der Waals surface area contributed by atoms with Gasteiger partial charge in [0.1, 0.15) is 0 Å². The first-order chi connectivity index (χ1) is 15.4. The molecule has 174 valence electrons. The number of nitrogens with one attached hydrogen (secondary N) is 4. The monoisotopic (exact) mass is 462 g/mol. The molecule has 2 aliphatic rings. The van der Waals surface area contributed by atoms with E-state index < -0.39 is 5.97 Å². The Balaban J connectivity index is 1.18. The van der Waals surface area contributed by atoms with E-state index in [1.54, 1.807) is 0 Å². The van der Waals surface area contributed by atoms with Crippen LogP contribution in [0.4, 0.5) is 4.79 Å². The van der Waals surface area contributed by atoms with E-state index in [2.05, 4.69) is 21.3 Å². The summed E-state index contributed by atoms with van der Waals surface area (Å²) in [6, 6.07) is 6.17. The molecule has 2 heterocycles. The van der Waals surface area contributed by atoms with E-state index in [0.717, 1.165) is 37.9 Å². The summed E-state index contributed by atoms with van der Waals surface area (Å²) < 4.78 is 0. The Bertz CT molecular complexity index is 832. The van der Waals surface area contributed by atoms with Crippen molar-refractivity contribution < 1.29 is 24.3 Å². The third-order valence-corrected chi connectivity index (χ3v) is 7.19.